The second-order valence-electron chi connectivity index (χ2n) is 4.07. The van der Waals surface area contributed by atoms with Crippen LogP contribution in [0.3, 0.4) is 0 Å². The van der Waals surface area contributed by atoms with Crippen molar-refractivity contribution in [3.63, 3.8) is 0 Å². The molecule has 0 saturated carbocycles. The molecule has 98 valence electrons. The average molecular weight is 323 g/mol. The largest absolute Gasteiger partial charge is 0.398 e. The van der Waals surface area contributed by atoms with Crippen LogP contribution in [0.25, 0.3) is 0 Å². The third kappa shape index (κ3) is 2.76. The van der Waals surface area contributed by atoms with Crippen molar-refractivity contribution >= 4 is 33.2 Å². The van der Waals surface area contributed by atoms with E-state index in [0.29, 0.717) is 21.3 Å². The fraction of sp³-hybridized carbons (Fsp3) is 0.0714. The smallest absolute Gasteiger partial charge is 0.256 e. The van der Waals surface area contributed by atoms with Gasteiger partial charge in [-0.05, 0) is 52.7 Å². The first-order valence-corrected chi connectivity index (χ1v) is 6.40. The zero-order valence-electron chi connectivity index (χ0n) is 10.2. The standard InChI is InChI=1S/C14H12BrFN2O/c1-8-9(4-2-7-12(8)17)14(19)18-13-10(15)5-3-6-11(13)16/h2-7H,17H2,1H3,(H,18,19). The predicted molar refractivity (Wildman–Crippen MR) is 77.6 cm³/mol. The van der Waals surface area contributed by atoms with E-state index < -0.39 is 11.7 Å². The van der Waals surface area contributed by atoms with Gasteiger partial charge in [0.2, 0.25) is 0 Å². The minimum atomic E-state index is -0.496. The van der Waals surface area contributed by atoms with Crippen molar-refractivity contribution in [3.8, 4) is 0 Å². The number of nitrogens with one attached hydrogen (secondary N) is 1. The molecule has 0 aliphatic heterocycles. The number of carbonyl (C=O) groups excluding carboxylic acids is 1. The van der Waals surface area contributed by atoms with Crippen molar-refractivity contribution in [3.05, 3.63) is 57.8 Å². The summed E-state index contributed by atoms with van der Waals surface area (Å²) in [5.41, 5.74) is 7.50. The van der Waals surface area contributed by atoms with Crippen LogP contribution in [0.2, 0.25) is 0 Å². The molecule has 0 aliphatic carbocycles. The van der Waals surface area contributed by atoms with Crippen LogP contribution in [0, 0.1) is 12.7 Å². The summed E-state index contributed by atoms with van der Waals surface area (Å²) < 4.78 is 14.1. The van der Waals surface area contributed by atoms with Crippen molar-refractivity contribution in [2.75, 3.05) is 11.1 Å². The number of anilines is 2. The van der Waals surface area contributed by atoms with E-state index in [9.17, 15) is 9.18 Å². The lowest BCUT2D eigenvalue weighted by atomic mass is 10.1. The second kappa shape index (κ2) is 5.40. The monoisotopic (exact) mass is 322 g/mol. The van der Waals surface area contributed by atoms with Crippen molar-refractivity contribution in [2.24, 2.45) is 0 Å². The number of hydrogen-bond acceptors (Lipinski definition) is 2. The summed E-state index contributed by atoms with van der Waals surface area (Å²) in [4.78, 5) is 12.1. The van der Waals surface area contributed by atoms with E-state index in [1.807, 2.05) is 0 Å². The summed E-state index contributed by atoms with van der Waals surface area (Å²) in [7, 11) is 0. The molecule has 0 radical (unpaired) electrons. The number of nitrogen functional groups attached to an aromatic ring is 1. The van der Waals surface area contributed by atoms with Gasteiger partial charge in [0.15, 0.2) is 0 Å². The van der Waals surface area contributed by atoms with Crippen LogP contribution in [-0.2, 0) is 0 Å². The average Bonchev–Trinajstić information content (AvgIpc) is 2.37. The highest BCUT2D eigenvalue weighted by atomic mass is 79.9. The van der Waals surface area contributed by atoms with Crippen molar-refractivity contribution in [2.45, 2.75) is 6.92 Å². The Kier molecular flexibility index (Phi) is 3.85. The highest BCUT2D eigenvalue weighted by molar-refractivity contribution is 9.10. The van der Waals surface area contributed by atoms with Crippen LogP contribution in [0.5, 0.6) is 0 Å². The molecule has 5 heteroatoms. The second-order valence-corrected chi connectivity index (χ2v) is 4.92. The van der Waals surface area contributed by atoms with E-state index in [1.54, 1.807) is 37.3 Å². The van der Waals surface area contributed by atoms with E-state index in [2.05, 4.69) is 21.2 Å². The predicted octanol–water partition coefficient (Wildman–Crippen LogP) is 3.73. The van der Waals surface area contributed by atoms with Crippen LogP contribution in [0.15, 0.2) is 40.9 Å². The summed E-state index contributed by atoms with van der Waals surface area (Å²) in [5, 5.41) is 2.55. The van der Waals surface area contributed by atoms with Gasteiger partial charge in [-0.2, -0.15) is 0 Å². The van der Waals surface area contributed by atoms with Gasteiger partial charge in [-0.3, -0.25) is 4.79 Å². The van der Waals surface area contributed by atoms with Crippen LogP contribution in [0.4, 0.5) is 15.8 Å². The molecule has 0 fully saturated rings. The van der Waals surface area contributed by atoms with Gasteiger partial charge in [0.05, 0.1) is 5.69 Å². The molecule has 0 unspecified atom stereocenters. The number of benzene rings is 2. The van der Waals surface area contributed by atoms with Crippen molar-refractivity contribution < 1.29 is 9.18 Å². The number of nitrogens with two attached hydrogens (primary N) is 1. The van der Waals surface area contributed by atoms with Crippen molar-refractivity contribution in [1.82, 2.24) is 0 Å². The molecule has 3 N–H and O–H groups in total. The minimum absolute atomic E-state index is 0.120. The third-order valence-electron chi connectivity index (χ3n) is 2.82. The van der Waals surface area contributed by atoms with Gasteiger partial charge in [0, 0.05) is 15.7 Å². The molecular formula is C14H12BrFN2O. The van der Waals surface area contributed by atoms with Crippen LogP contribution in [0.1, 0.15) is 15.9 Å². The Balaban J connectivity index is 2.34. The molecular weight excluding hydrogens is 311 g/mol. The molecule has 2 aromatic carbocycles. The molecule has 0 atom stereocenters. The van der Waals surface area contributed by atoms with Gasteiger partial charge in [0.1, 0.15) is 5.82 Å². The van der Waals surface area contributed by atoms with E-state index in [0.717, 1.165) is 0 Å². The zero-order valence-corrected chi connectivity index (χ0v) is 11.8. The molecule has 0 spiro atoms. The maximum absolute atomic E-state index is 13.6. The Hall–Kier alpha value is -1.88. The Morgan fingerprint density at radius 3 is 2.63 bits per heavy atom. The third-order valence-corrected chi connectivity index (χ3v) is 3.48. The minimum Gasteiger partial charge on any atom is -0.398 e. The fourth-order valence-corrected chi connectivity index (χ4v) is 2.14. The molecule has 0 aromatic heterocycles. The molecule has 3 nitrogen and oxygen atoms in total. The first-order valence-electron chi connectivity index (χ1n) is 5.61. The Bertz CT molecular complexity index is 623. The molecule has 0 heterocycles. The number of hydrogen-bond donors (Lipinski definition) is 2. The number of para-hydroxylation sites is 1. The van der Waals surface area contributed by atoms with Crippen molar-refractivity contribution in [1.29, 1.82) is 0 Å². The van der Waals surface area contributed by atoms with E-state index in [-0.39, 0.29) is 5.69 Å². The van der Waals surface area contributed by atoms with Gasteiger partial charge in [-0.1, -0.05) is 12.1 Å². The molecule has 2 aromatic rings. The summed E-state index contributed by atoms with van der Waals surface area (Å²) >= 11 is 3.20. The van der Waals surface area contributed by atoms with Gasteiger partial charge < -0.3 is 11.1 Å². The molecule has 0 aliphatic rings. The molecule has 2 rings (SSSR count). The van der Waals surface area contributed by atoms with Gasteiger partial charge in [-0.15, -0.1) is 0 Å². The Morgan fingerprint density at radius 1 is 1.26 bits per heavy atom. The SMILES string of the molecule is Cc1c(N)cccc1C(=O)Nc1c(F)cccc1Br. The van der Waals surface area contributed by atoms with Gasteiger partial charge in [-0.25, -0.2) is 4.39 Å². The topological polar surface area (TPSA) is 55.1 Å². The maximum atomic E-state index is 13.6. The van der Waals surface area contributed by atoms with E-state index in [1.165, 1.54) is 6.07 Å². The quantitative estimate of drug-likeness (QED) is 0.828. The summed E-state index contributed by atoms with van der Waals surface area (Å²) in [6.45, 7) is 1.75. The van der Waals surface area contributed by atoms with E-state index >= 15 is 0 Å². The Morgan fingerprint density at radius 2 is 1.95 bits per heavy atom. The summed E-state index contributed by atoms with van der Waals surface area (Å²) in [6, 6.07) is 9.55. The number of halogens is 2. The van der Waals surface area contributed by atoms with Gasteiger partial charge in [0.25, 0.3) is 5.91 Å². The Labute approximate surface area is 118 Å². The number of amides is 1. The molecule has 0 saturated heterocycles. The first kappa shape index (κ1) is 13.5. The first-order chi connectivity index (χ1) is 9.00. The lowest BCUT2D eigenvalue weighted by Crippen LogP contribution is -2.15. The number of carbonyl (C=O) groups is 1. The lowest BCUT2D eigenvalue weighted by molar-refractivity contribution is 0.102. The molecule has 1 amide bonds. The highest BCUT2D eigenvalue weighted by Gasteiger charge is 2.14. The fourth-order valence-electron chi connectivity index (χ4n) is 1.70. The van der Waals surface area contributed by atoms with Crippen LogP contribution >= 0.6 is 15.9 Å². The van der Waals surface area contributed by atoms with Crippen LogP contribution < -0.4 is 11.1 Å². The normalized spacial score (nSPS) is 10.3. The van der Waals surface area contributed by atoms with Crippen LogP contribution in [-0.4, -0.2) is 5.91 Å². The number of rotatable bonds is 2. The zero-order chi connectivity index (χ0) is 14.0. The van der Waals surface area contributed by atoms with Gasteiger partial charge >= 0.3 is 0 Å². The summed E-state index contributed by atoms with van der Waals surface area (Å²) in [6.07, 6.45) is 0. The molecule has 19 heavy (non-hydrogen) atoms. The highest BCUT2D eigenvalue weighted by Crippen LogP contribution is 2.26. The molecule has 0 bridgehead atoms. The summed E-state index contributed by atoms with van der Waals surface area (Å²) in [5.74, 6) is -0.889. The maximum Gasteiger partial charge on any atom is 0.256 e. The van der Waals surface area contributed by atoms with E-state index in [4.69, 9.17) is 5.73 Å². The lowest BCUT2D eigenvalue weighted by Gasteiger charge is -2.11.